The molecule has 0 saturated carbocycles. The number of nitrogens with one attached hydrogen (secondary N) is 1. The van der Waals surface area contributed by atoms with Crippen LogP contribution in [0.1, 0.15) is 26.7 Å². The molecule has 5 heteroatoms. The summed E-state index contributed by atoms with van der Waals surface area (Å²) in [5.74, 6) is 0. The molecule has 0 aromatic carbocycles. The van der Waals surface area contributed by atoms with Crippen LogP contribution in [0.3, 0.4) is 0 Å². The second-order valence-corrected chi connectivity index (χ2v) is 4.47. The zero-order chi connectivity index (χ0) is 14.2. The molecule has 0 rings (SSSR count). The average molecular weight is 277 g/mol. The van der Waals surface area contributed by atoms with Crippen LogP contribution in [0, 0.1) is 0 Å². The number of rotatable bonds is 15. The van der Waals surface area contributed by atoms with E-state index < -0.39 is 0 Å². The standard InChI is InChI=1S/C14H31NO4/c1-4-6-15-14(2)5-7-17-10-11-19-13-12-18-9-8-16-3/h14-15H,4-13H2,1-3H3. The van der Waals surface area contributed by atoms with Crippen LogP contribution in [-0.2, 0) is 18.9 Å². The zero-order valence-electron chi connectivity index (χ0n) is 12.8. The van der Waals surface area contributed by atoms with Crippen molar-refractivity contribution in [3.63, 3.8) is 0 Å². The summed E-state index contributed by atoms with van der Waals surface area (Å²) < 4.78 is 21.0. The summed E-state index contributed by atoms with van der Waals surface area (Å²) in [5, 5.41) is 3.43. The molecule has 0 radical (unpaired) electrons. The Kier molecular flexibility index (Phi) is 15.7. The van der Waals surface area contributed by atoms with Crippen molar-refractivity contribution >= 4 is 0 Å². The van der Waals surface area contributed by atoms with E-state index in [0.717, 1.165) is 19.6 Å². The third-order valence-electron chi connectivity index (χ3n) is 2.61. The van der Waals surface area contributed by atoms with E-state index in [2.05, 4.69) is 19.2 Å². The molecule has 0 saturated heterocycles. The minimum Gasteiger partial charge on any atom is -0.382 e. The third-order valence-corrected chi connectivity index (χ3v) is 2.61. The first-order valence-corrected chi connectivity index (χ1v) is 7.26. The van der Waals surface area contributed by atoms with Gasteiger partial charge in [0.15, 0.2) is 0 Å². The minimum absolute atomic E-state index is 0.523. The molecule has 0 heterocycles. The predicted octanol–water partition coefficient (Wildman–Crippen LogP) is 1.46. The van der Waals surface area contributed by atoms with E-state index in [1.165, 1.54) is 6.42 Å². The quantitative estimate of drug-likeness (QED) is 0.459. The molecule has 0 aromatic rings. The van der Waals surface area contributed by atoms with Crippen molar-refractivity contribution in [3.8, 4) is 0 Å². The van der Waals surface area contributed by atoms with Crippen LogP contribution >= 0.6 is 0 Å². The molecule has 0 bridgehead atoms. The number of methoxy groups -OCH3 is 1. The highest BCUT2D eigenvalue weighted by atomic mass is 16.6. The second kappa shape index (κ2) is 15.9. The molecule has 5 nitrogen and oxygen atoms in total. The largest absolute Gasteiger partial charge is 0.382 e. The lowest BCUT2D eigenvalue weighted by molar-refractivity contribution is 0.00279. The Balaban J connectivity index is 3.02. The molecular formula is C14H31NO4. The Bertz CT molecular complexity index is 170. The van der Waals surface area contributed by atoms with Crippen LogP contribution in [-0.4, -0.2) is 65.9 Å². The van der Waals surface area contributed by atoms with Crippen LogP contribution in [0.4, 0.5) is 0 Å². The maximum Gasteiger partial charge on any atom is 0.0701 e. The van der Waals surface area contributed by atoms with E-state index >= 15 is 0 Å². The van der Waals surface area contributed by atoms with Gasteiger partial charge in [0.2, 0.25) is 0 Å². The van der Waals surface area contributed by atoms with Crippen molar-refractivity contribution in [2.45, 2.75) is 32.7 Å². The van der Waals surface area contributed by atoms with Gasteiger partial charge in [0.1, 0.15) is 0 Å². The van der Waals surface area contributed by atoms with Crippen LogP contribution in [0.2, 0.25) is 0 Å². The topological polar surface area (TPSA) is 49.0 Å². The number of hydrogen-bond acceptors (Lipinski definition) is 5. The van der Waals surface area contributed by atoms with Crippen molar-refractivity contribution in [1.82, 2.24) is 5.32 Å². The van der Waals surface area contributed by atoms with E-state index in [0.29, 0.717) is 45.7 Å². The lowest BCUT2D eigenvalue weighted by Gasteiger charge is -2.13. The summed E-state index contributed by atoms with van der Waals surface area (Å²) in [7, 11) is 1.66. The average Bonchev–Trinajstić information content (AvgIpc) is 2.42. The van der Waals surface area contributed by atoms with Crippen LogP contribution in [0.15, 0.2) is 0 Å². The van der Waals surface area contributed by atoms with Crippen molar-refractivity contribution < 1.29 is 18.9 Å². The third kappa shape index (κ3) is 15.7. The number of hydrogen-bond donors (Lipinski definition) is 1. The lowest BCUT2D eigenvalue weighted by Crippen LogP contribution is -2.28. The fourth-order valence-corrected chi connectivity index (χ4v) is 1.44. The molecule has 19 heavy (non-hydrogen) atoms. The first kappa shape index (κ1) is 18.8. The number of ether oxygens (including phenoxy) is 4. The lowest BCUT2D eigenvalue weighted by atomic mass is 10.2. The van der Waals surface area contributed by atoms with Gasteiger partial charge in [-0.05, 0) is 26.3 Å². The maximum atomic E-state index is 5.50. The van der Waals surface area contributed by atoms with Gasteiger partial charge in [0.05, 0.1) is 39.6 Å². The maximum absolute atomic E-state index is 5.50. The van der Waals surface area contributed by atoms with Crippen molar-refractivity contribution in [1.29, 1.82) is 0 Å². The molecule has 0 aliphatic heterocycles. The van der Waals surface area contributed by atoms with E-state index in [1.807, 2.05) is 0 Å². The molecule has 0 amide bonds. The molecule has 1 atom stereocenters. The Hall–Kier alpha value is -0.200. The van der Waals surface area contributed by atoms with Crippen LogP contribution in [0.25, 0.3) is 0 Å². The normalized spacial score (nSPS) is 12.8. The van der Waals surface area contributed by atoms with E-state index in [-0.39, 0.29) is 0 Å². The van der Waals surface area contributed by atoms with Crippen LogP contribution < -0.4 is 5.32 Å². The highest BCUT2D eigenvalue weighted by Crippen LogP contribution is 1.92. The Labute approximate surface area is 117 Å². The summed E-state index contributed by atoms with van der Waals surface area (Å²) in [6.07, 6.45) is 2.21. The molecule has 0 fully saturated rings. The summed E-state index contributed by atoms with van der Waals surface area (Å²) in [4.78, 5) is 0. The Morgan fingerprint density at radius 2 is 1.37 bits per heavy atom. The molecule has 0 aliphatic carbocycles. The van der Waals surface area contributed by atoms with Gasteiger partial charge in [-0.3, -0.25) is 0 Å². The Morgan fingerprint density at radius 3 is 1.89 bits per heavy atom. The molecule has 0 aromatic heterocycles. The summed E-state index contributed by atoms with van der Waals surface area (Å²) >= 11 is 0. The summed E-state index contributed by atoms with van der Waals surface area (Å²) in [6.45, 7) is 9.98. The zero-order valence-corrected chi connectivity index (χ0v) is 12.8. The first-order valence-electron chi connectivity index (χ1n) is 7.26. The van der Waals surface area contributed by atoms with Gasteiger partial charge < -0.3 is 24.3 Å². The first-order chi connectivity index (χ1) is 9.31. The molecule has 0 aliphatic rings. The molecule has 1 unspecified atom stereocenters. The Morgan fingerprint density at radius 1 is 0.842 bits per heavy atom. The van der Waals surface area contributed by atoms with Crippen molar-refractivity contribution in [2.24, 2.45) is 0 Å². The SMILES string of the molecule is CCCNC(C)CCOCCOCCOCCOC. The molecular weight excluding hydrogens is 246 g/mol. The van der Waals surface area contributed by atoms with Gasteiger partial charge in [0, 0.05) is 19.8 Å². The molecule has 0 spiro atoms. The summed E-state index contributed by atoms with van der Waals surface area (Å²) in [5.41, 5.74) is 0. The monoisotopic (exact) mass is 277 g/mol. The van der Waals surface area contributed by atoms with Gasteiger partial charge in [-0.15, -0.1) is 0 Å². The second-order valence-electron chi connectivity index (χ2n) is 4.47. The van der Waals surface area contributed by atoms with Crippen molar-refractivity contribution in [3.05, 3.63) is 0 Å². The van der Waals surface area contributed by atoms with Gasteiger partial charge >= 0.3 is 0 Å². The van der Waals surface area contributed by atoms with E-state index in [4.69, 9.17) is 18.9 Å². The van der Waals surface area contributed by atoms with E-state index in [1.54, 1.807) is 7.11 Å². The molecule has 116 valence electrons. The van der Waals surface area contributed by atoms with Gasteiger partial charge in [-0.2, -0.15) is 0 Å². The van der Waals surface area contributed by atoms with Gasteiger partial charge in [-0.1, -0.05) is 6.92 Å². The highest BCUT2D eigenvalue weighted by Gasteiger charge is 1.99. The fraction of sp³-hybridized carbons (Fsp3) is 1.00. The molecule has 1 N–H and O–H groups in total. The smallest absolute Gasteiger partial charge is 0.0701 e. The minimum atomic E-state index is 0.523. The van der Waals surface area contributed by atoms with Gasteiger partial charge in [0.25, 0.3) is 0 Å². The van der Waals surface area contributed by atoms with Gasteiger partial charge in [-0.25, -0.2) is 0 Å². The van der Waals surface area contributed by atoms with Crippen LogP contribution in [0.5, 0.6) is 0 Å². The van der Waals surface area contributed by atoms with E-state index in [9.17, 15) is 0 Å². The fourth-order valence-electron chi connectivity index (χ4n) is 1.44. The van der Waals surface area contributed by atoms with Crippen molar-refractivity contribution in [2.75, 3.05) is 59.9 Å². The summed E-state index contributed by atoms with van der Waals surface area (Å²) in [6, 6.07) is 0.523. The predicted molar refractivity (Wildman–Crippen MR) is 76.7 cm³/mol. The highest BCUT2D eigenvalue weighted by molar-refractivity contribution is 4.58.